The van der Waals surface area contributed by atoms with Crippen molar-refractivity contribution in [1.82, 2.24) is 4.90 Å². The van der Waals surface area contributed by atoms with E-state index in [9.17, 15) is 0 Å². The summed E-state index contributed by atoms with van der Waals surface area (Å²) in [7, 11) is 0. The minimum Gasteiger partial charge on any atom is -0.299 e. The van der Waals surface area contributed by atoms with Crippen LogP contribution < -0.4 is 0 Å². The smallest absolute Gasteiger partial charge is 0.144 e. The molecule has 0 saturated carbocycles. The fraction of sp³-hybridized carbons (Fsp3) is 0.500. The van der Waals surface area contributed by atoms with Gasteiger partial charge < -0.3 is 0 Å². The summed E-state index contributed by atoms with van der Waals surface area (Å²) in [5.41, 5.74) is 0. The van der Waals surface area contributed by atoms with E-state index in [4.69, 9.17) is 12.2 Å². The summed E-state index contributed by atoms with van der Waals surface area (Å²) < 4.78 is 3.84. The van der Waals surface area contributed by atoms with Gasteiger partial charge in [0, 0.05) is 16.8 Å². The molecular formula is C10H13NS4. The van der Waals surface area contributed by atoms with E-state index in [0.717, 1.165) is 22.8 Å². The van der Waals surface area contributed by atoms with E-state index in [1.54, 1.807) is 22.7 Å². The van der Waals surface area contributed by atoms with Crippen molar-refractivity contribution >= 4 is 55.6 Å². The van der Waals surface area contributed by atoms with E-state index in [1.807, 2.05) is 11.3 Å². The van der Waals surface area contributed by atoms with E-state index in [2.05, 4.69) is 24.1 Å². The fourth-order valence-corrected chi connectivity index (χ4v) is 5.44. The van der Waals surface area contributed by atoms with Crippen LogP contribution in [-0.4, -0.2) is 18.0 Å². The van der Waals surface area contributed by atoms with Crippen molar-refractivity contribution in [2.24, 2.45) is 0 Å². The first-order chi connectivity index (χ1) is 7.24. The molecule has 2 heterocycles. The first-order valence-electron chi connectivity index (χ1n) is 4.97. The molecule has 0 aliphatic heterocycles. The molecule has 0 aliphatic rings. The van der Waals surface area contributed by atoms with Crippen molar-refractivity contribution in [3.63, 3.8) is 0 Å². The van der Waals surface area contributed by atoms with Gasteiger partial charge in [-0.1, -0.05) is 26.1 Å². The molecule has 0 radical (unpaired) electrons. The van der Waals surface area contributed by atoms with Crippen LogP contribution in [0.4, 0.5) is 0 Å². The molecule has 0 saturated heterocycles. The zero-order chi connectivity index (χ0) is 10.8. The number of nitrogens with zero attached hydrogens (tertiary/aromatic N) is 1. The van der Waals surface area contributed by atoms with Crippen LogP contribution in [-0.2, 0) is 6.54 Å². The average Bonchev–Trinajstić information content (AvgIpc) is 2.74. The zero-order valence-electron chi connectivity index (χ0n) is 8.78. The predicted octanol–water partition coefficient (Wildman–Crippen LogP) is 4.60. The first kappa shape index (κ1) is 11.7. The van der Waals surface area contributed by atoms with Gasteiger partial charge in [0.1, 0.15) is 3.14 Å². The zero-order valence-corrected chi connectivity index (χ0v) is 12.0. The Morgan fingerprint density at radius 1 is 1.27 bits per heavy atom. The van der Waals surface area contributed by atoms with Crippen molar-refractivity contribution < 1.29 is 0 Å². The van der Waals surface area contributed by atoms with Gasteiger partial charge in [-0.15, -0.1) is 34.0 Å². The molecule has 1 nitrogen and oxygen atoms in total. The van der Waals surface area contributed by atoms with Gasteiger partial charge in [0.25, 0.3) is 0 Å². The SMILES string of the molecule is CCN(CC)Cc1scc2sc(=S)sc12. The molecule has 82 valence electrons. The second kappa shape index (κ2) is 5.01. The molecule has 15 heavy (non-hydrogen) atoms. The summed E-state index contributed by atoms with van der Waals surface area (Å²) in [4.78, 5) is 3.92. The molecule has 0 atom stereocenters. The highest BCUT2D eigenvalue weighted by Gasteiger charge is 2.09. The van der Waals surface area contributed by atoms with E-state index in [-0.39, 0.29) is 0 Å². The molecule has 2 aromatic rings. The second-order valence-electron chi connectivity index (χ2n) is 3.27. The van der Waals surface area contributed by atoms with E-state index in [1.165, 1.54) is 14.3 Å². The third-order valence-electron chi connectivity index (χ3n) is 2.43. The highest BCUT2D eigenvalue weighted by molar-refractivity contribution is 7.77. The molecule has 0 spiro atoms. The second-order valence-corrected chi connectivity index (χ2v) is 7.49. The number of fused-ring (bicyclic) bond motifs is 1. The topological polar surface area (TPSA) is 3.24 Å². The third-order valence-corrected chi connectivity index (χ3v) is 6.35. The molecule has 0 aliphatic carbocycles. The molecule has 2 rings (SSSR count). The van der Waals surface area contributed by atoms with Gasteiger partial charge in [-0.2, -0.15) is 0 Å². The fourth-order valence-electron chi connectivity index (χ4n) is 1.50. The summed E-state index contributed by atoms with van der Waals surface area (Å²) in [5.74, 6) is 0. The maximum atomic E-state index is 5.22. The highest BCUT2D eigenvalue weighted by Crippen LogP contribution is 2.36. The molecule has 5 heteroatoms. The molecule has 0 fully saturated rings. The minimum atomic E-state index is 1.05. The first-order valence-corrected chi connectivity index (χ1v) is 7.89. The number of hydrogen-bond acceptors (Lipinski definition) is 5. The summed E-state index contributed by atoms with van der Waals surface area (Å²) in [5, 5.41) is 2.24. The Bertz CT molecular complexity index is 489. The van der Waals surface area contributed by atoms with Crippen LogP contribution in [0, 0.1) is 3.14 Å². The number of hydrogen-bond donors (Lipinski definition) is 0. The van der Waals surface area contributed by atoms with Gasteiger partial charge in [-0.05, 0) is 13.1 Å². The third kappa shape index (κ3) is 2.47. The Hall–Kier alpha value is 0.190. The van der Waals surface area contributed by atoms with E-state index < -0.39 is 0 Å². The molecule has 0 amide bonds. The summed E-state index contributed by atoms with van der Waals surface area (Å²) >= 11 is 10.6. The lowest BCUT2D eigenvalue weighted by molar-refractivity contribution is 0.299. The molecule has 0 unspecified atom stereocenters. The van der Waals surface area contributed by atoms with Crippen LogP contribution in [0.5, 0.6) is 0 Å². The van der Waals surface area contributed by atoms with Gasteiger partial charge in [0.05, 0.1) is 9.40 Å². The van der Waals surface area contributed by atoms with Gasteiger partial charge in [-0.25, -0.2) is 0 Å². The Morgan fingerprint density at radius 2 is 2.00 bits per heavy atom. The standard InChI is InChI=1S/C10H13NS4/c1-3-11(4-2)5-7-9-8(6-13-7)14-10(12)15-9/h6H,3-5H2,1-2H3. The normalized spacial score (nSPS) is 11.7. The van der Waals surface area contributed by atoms with Crippen LogP contribution in [0.2, 0.25) is 0 Å². The van der Waals surface area contributed by atoms with Crippen molar-refractivity contribution in [3.8, 4) is 0 Å². The number of thiophene rings is 1. The van der Waals surface area contributed by atoms with Gasteiger partial charge in [0.2, 0.25) is 0 Å². The maximum absolute atomic E-state index is 5.22. The lowest BCUT2D eigenvalue weighted by atomic mass is 10.4. The van der Waals surface area contributed by atoms with Crippen LogP contribution in [0.15, 0.2) is 5.38 Å². The molecular weight excluding hydrogens is 262 g/mol. The quantitative estimate of drug-likeness (QED) is 0.751. The van der Waals surface area contributed by atoms with Crippen molar-refractivity contribution in [1.29, 1.82) is 0 Å². The summed E-state index contributed by atoms with van der Waals surface area (Å²) in [6.07, 6.45) is 0. The monoisotopic (exact) mass is 275 g/mol. The van der Waals surface area contributed by atoms with E-state index >= 15 is 0 Å². The predicted molar refractivity (Wildman–Crippen MR) is 75.0 cm³/mol. The Labute approximate surface area is 107 Å². The van der Waals surface area contributed by atoms with Gasteiger partial charge >= 0.3 is 0 Å². The minimum absolute atomic E-state index is 1.05. The van der Waals surface area contributed by atoms with Crippen molar-refractivity contribution in [2.75, 3.05) is 13.1 Å². The lowest BCUT2D eigenvalue weighted by Crippen LogP contribution is -2.21. The Morgan fingerprint density at radius 3 is 2.67 bits per heavy atom. The highest BCUT2D eigenvalue weighted by atomic mass is 32.2. The lowest BCUT2D eigenvalue weighted by Gasteiger charge is -2.16. The Balaban J connectivity index is 2.30. The maximum Gasteiger partial charge on any atom is 0.144 e. The largest absolute Gasteiger partial charge is 0.299 e. The Kier molecular flexibility index (Phi) is 3.90. The van der Waals surface area contributed by atoms with Crippen LogP contribution in [0.1, 0.15) is 18.7 Å². The van der Waals surface area contributed by atoms with Crippen LogP contribution >= 0.6 is 46.2 Å². The molecule has 0 N–H and O–H groups in total. The molecule has 2 aromatic heterocycles. The molecule has 0 bridgehead atoms. The summed E-state index contributed by atoms with van der Waals surface area (Å²) in [6.45, 7) is 7.73. The molecule has 0 aromatic carbocycles. The summed E-state index contributed by atoms with van der Waals surface area (Å²) in [6, 6.07) is 0. The van der Waals surface area contributed by atoms with E-state index in [0.29, 0.717) is 0 Å². The number of rotatable bonds is 4. The van der Waals surface area contributed by atoms with Crippen molar-refractivity contribution in [3.05, 3.63) is 13.4 Å². The van der Waals surface area contributed by atoms with Gasteiger partial charge in [-0.3, -0.25) is 4.90 Å². The van der Waals surface area contributed by atoms with Crippen molar-refractivity contribution in [2.45, 2.75) is 20.4 Å². The van der Waals surface area contributed by atoms with Crippen LogP contribution in [0.3, 0.4) is 0 Å². The average molecular weight is 275 g/mol. The van der Waals surface area contributed by atoms with Gasteiger partial charge in [0.15, 0.2) is 0 Å². The van der Waals surface area contributed by atoms with Crippen LogP contribution in [0.25, 0.3) is 9.40 Å².